The molecule has 49 heavy (non-hydrogen) atoms. The van der Waals surface area contributed by atoms with Gasteiger partial charge in [0.1, 0.15) is 24.1 Å². The maximum absolute atomic E-state index is 13.4. The van der Waals surface area contributed by atoms with Crippen molar-refractivity contribution in [1.29, 1.82) is 0 Å². The van der Waals surface area contributed by atoms with Crippen molar-refractivity contribution in [3.05, 3.63) is 24.3 Å². The Balaban J connectivity index is 1.05. The van der Waals surface area contributed by atoms with Gasteiger partial charge in [-0.2, -0.15) is 0 Å². The van der Waals surface area contributed by atoms with Gasteiger partial charge >= 0.3 is 0 Å². The van der Waals surface area contributed by atoms with E-state index in [4.69, 9.17) is 38.9 Å². The molecule has 11 nitrogen and oxygen atoms in total. The third-order valence-electron chi connectivity index (χ3n) is 12.6. The highest BCUT2D eigenvalue weighted by molar-refractivity contribution is 5.79. The maximum atomic E-state index is 13.4. The molecule has 276 valence electrons. The van der Waals surface area contributed by atoms with Crippen LogP contribution in [0.5, 0.6) is 0 Å². The van der Waals surface area contributed by atoms with E-state index in [1.165, 1.54) is 0 Å². The lowest BCUT2D eigenvalue weighted by molar-refractivity contribution is -0.335. The topological polar surface area (TPSA) is 148 Å². The zero-order valence-corrected chi connectivity index (χ0v) is 29.3. The molecule has 4 bridgehead atoms. The molecule has 0 aromatic heterocycles. The summed E-state index contributed by atoms with van der Waals surface area (Å²) in [6, 6.07) is 0. The van der Waals surface area contributed by atoms with Crippen molar-refractivity contribution in [3.63, 3.8) is 0 Å². The third-order valence-corrected chi connectivity index (χ3v) is 12.6. The molecule has 0 saturated carbocycles. The second-order valence-corrected chi connectivity index (χ2v) is 16.1. The monoisotopic (exact) mass is 689 g/mol. The van der Waals surface area contributed by atoms with E-state index in [-0.39, 0.29) is 79.4 Å². The van der Waals surface area contributed by atoms with Crippen LogP contribution in [0.25, 0.3) is 0 Å². The van der Waals surface area contributed by atoms with Gasteiger partial charge in [-0.25, -0.2) is 0 Å². The average molecular weight is 690 g/mol. The predicted octanol–water partition coefficient (Wildman–Crippen LogP) is 3.51. The number of carbonyl (C=O) groups is 1. The minimum Gasteiger partial charge on any atom is -0.392 e. The Kier molecular flexibility index (Phi) is 11.3. The molecule has 0 aromatic carbocycles. The number of hydrogen-bond donors (Lipinski definition) is 3. The first-order valence-corrected chi connectivity index (χ1v) is 19.0. The van der Waals surface area contributed by atoms with Crippen LogP contribution < -0.4 is 5.73 Å². The molecular weight excluding hydrogens is 630 g/mol. The molecule has 15 atom stereocenters. The fourth-order valence-corrected chi connectivity index (χ4v) is 9.94. The molecule has 7 aliphatic rings. The van der Waals surface area contributed by atoms with Crippen LogP contribution >= 0.6 is 0 Å². The SMILES string of the molecule is C=C1C[C@@H]2CC([C@]3(O[C@@H]4C(O)CO[C@H]5CC[C@H](CC(=O)C[C@@H]6C[C@@H](C[C@H](O)CN)O[C@H]6C)O[C@@H]54)CCCO3)[C@@H]3C[C@H](CC[C@@H]1O2)OCC3=C. The highest BCUT2D eigenvalue weighted by atomic mass is 16.7. The van der Waals surface area contributed by atoms with Crippen LogP contribution in [-0.4, -0.2) is 115 Å². The van der Waals surface area contributed by atoms with Crippen LogP contribution in [0.4, 0.5) is 0 Å². The molecule has 7 fully saturated rings. The Hall–Kier alpha value is -1.25. The van der Waals surface area contributed by atoms with Crippen molar-refractivity contribution in [2.24, 2.45) is 23.5 Å². The molecule has 4 N–H and O–H groups in total. The van der Waals surface area contributed by atoms with Crippen LogP contribution in [0.15, 0.2) is 24.3 Å². The summed E-state index contributed by atoms with van der Waals surface area (Å²) in [5, 5.41) is 21.4. The fraction of sp³-hybridized carbons (Fsp3) is 0.868. The summed E-state index contributed by atoms with van der Waals surface area (Å²) < 4.78 is 45.5. The van der Waals surface area contributed by atoms with Gasteiger partial charge in [-0.3, -0.25) is 4.79 Å². The van der Waals surface area contributed by atoms with E-state index < -0.39 is 30.2 Å². The Bertz CT molecular complexity index is 1190. The first-order valence-electron chi connectivity index (χ1n) is 19.0. The molecule has 7 heterocycles. The van der Waals surface area contributed by atoms with Gasteiger partial charge in [0.2, 0.25) is 0 Å². The van der Waals surface area contributed by atoms with Gasteiger partial charge in [-0.15, -0.1) is 0 Å². The molecule has 7 saturated heterocycles. The normalized spacial score (nSPS) is 46.4. The zero-order valence-electron chi connectivity index (χ0n) is 29.3. The number of aliphatic hydroxyl groups excluding tert-OH is 2. The van der Waals surface area contributed by atoms with Crippen LogP contribution in [-0.2, 0) is 38.0 Å². The summed E-state index contributed by atoms with van der Waals surface area (Å²) in [5.41, 5.74) is 7.81. The molecule has 7 rings (SSSR count). The van der Waals surface area contributed by atoms with Crippen LogP contribution in [0.2, 0.25) is 0 Å². The van der Waals surface area contributed by atoms with E-state index in [1.54, 1.807) is 0 Å². The number of nitrogens with two attached hydrogens (primary N) is 1. The van der Waals surface area contributed by atoms with Crippen molar-refractivity contribution in [2.45, 2.75) is 163 Å². The van der Waals surface area contributed by atoms with Gasteiger partial charge in [-0.1, -0.05) is 13.2 Å². The zero-order chi connectivity index (χ0) is 34.3. The second kappa shape index (κ2) is 15.4. The number of fused-ring (bicyclic) bond motifs is 5. The Morgan fingerprint density at radius 3 is 2.67 bits per heavy atom. The van der Waals surface area contributed by atoms with Crippen molar-refractivity contribution in [2.75, 3.05) is 26.4 Å². The standard InChI is InChI=1S/C38H59NO10/c1-21-11-29-17-32(31-16-27(43-19-22(31)2)5-7-34(21)47-29)38(9-4-10-45-38)49-36-33(42)20-44-35-8-6-28(48-37(35)36)14-25(40)12-24-13-30(46-23(24)3)15-26(41)18-39/h23-24,26-37,41-42H,1-2,4-20,39H2,3H3/t23-,24+,26-,27-,28+,29+,30-,31+,32?,33?,34-,35-,36+,37-,38+/m0/s1. The van der Waals surface area contributed by atoms with E-state index in [9.17, 15) is 15.0 Å². The highest BCUT2D eigenvalue weighted by Gasteiger charge is 2.56. The van der Waals surface area contributed by atoms with Crippen LogP contribution in [0, 0.1) is 17.8 Å². The van der Waals surface area contributed by atoms with Crippen LogP contribution in [0.1, 0.15) is 90.4 Å². The summed E-state index contributed by atoms with van der Waals surface area (Å²) in [6.07, 6.45) is 6.08. The molecule has 7 aliphatic heterocycles. The highest BCUT2D eigenvalue weighted by Crippen LogP contribution is 2.50. The molecule has 0 aromatic rings. The van der Waals surface area contributed by atoms with E-state index in [0.717, 1.165) is 62.5 Å². The summed E-state index contributed by atoms with van der Waals surface area (Å²) in [4.78, 5) is 13.4. The second-order valence-electron chi connectivity index (χ2n) is 16.1. The number of ketones is 1. The fourth-order valence-electron chi connectivity index (χ4n) is 9.94. The predicted molar refractivity (Wildman–Crippen MR) is 180 cm³/mol. The number of carbonyl (C=O) groups excluding carboxylic acids is 1. The molecule has 0 spiro atoms. The van der Waals surface area contributed by atoms with E-state index in [1.807, 2.05) is 6.92 Å². The van der Waals surface area contributed by atoms with E-state index in [2.05, 4.69) is 13.2 Å². The smallest absolute Gasteiger partial charge is 0.172 e. The first-order chi connectivity index (χ1) is 23.6. The summed E-state index contributed by atoms with van der Waals surface area (Å²) in [6.45, 7) is 12.3. The molecule has 2 unspecified atom stereocenters. The average Bonchev–Trinajstić information content (AvgIpc) is 3.79. The van der Waals surface area contributed by atoms with Gasteiger partial charge < -0.3 is 49.1 Å². The van der Waals surface area contributed by atoms with E-state index >= 15 is 0 Å². The molecule has 0 aliphatic carbocycles. The number of ether oxygens (including phenoxy) is 7. The summed E-state index contributed by atoms with van der Waals surface area (Å²) in [7, 11) is 0. The van der Waals surface area contributed by atoms with Gasteiger partial charge in [0.05, 0.1) is 68.7 Å². The molecule has 0 amide bonds. The molecule has 0 radical (unpaired) electrons. The lowest BCUT2D eigenvalue weighted by Gasteiger charge is -2.51. The quantitative estimate of drug-likeness (QED) is 0.290. The van der Waals surface area contributed by atoms with Crippen LogP contribution in [0.3, 0.4) is 0 Å². The number of aliphatic hydroxyl groups is 2. The van der Waals surface area contributed by atoms with Gasteiger partial charge in [0.25, 0.3) is 0 Å². The lowest BCUT2D eigenvalue weighted by atomic mass is 9.72. The van der Waals surface area contributed by atoms with Gasteiger partial charge in [0, 0.05) is 38.1 Å². The number of Topliss-reactive ketones (excluding diaryl/α,β-unsaturated/α-hetero) is 1. The van der Waals surface area contributed by atoms with Crippen molar-refractivity contribution < 1.29 is 48.2 Å². The maximum Gasteiger partial charge on any atom is 0.172 e. The Morgan fingerprint density at radius 2 is 1.88 bits per heavy atom. The van der Waals surface area contributed by atoms with Gasteiger partial charge in [0.15, 0.2) is 5.79 Å². The van der Waals surface area contributed by atoms with Crippen molar-refractivity contribution >= 4 is 5.78 Å². The molecular formula is C38H59NO10. The van der Waals surface area contributed by atoms with Crippen molar-refractivity contribution in [3.8, 4) is 0 Å². The Morgan fingerprint density at radius 1 is 1.02 bits per heavy atom. The minimum atomic E-state index is -0.941. The minimum absolute atomic E-state index is 0.0297. The third kappa shape index (κ3) is 7.92. The first kappa shape index (κ1) is 36.1. The molecule has 11 heteroatoms. The summed E-state index contributed by atoms with van der Waals surface area (Å²) in [5.74, 6) is -0.606. The lowest BCUT2D eigenvalue weighted by Crippen LogP contribution is -2.62. The number of rotatable bonds is 10. The number of hydrogen-bond acceptors (Lipinski definition) is 11. The summed E-state index contributed by atoms with van der Waals surface area (Å²) >= 11 is 0. The largest absolute Gasteiger partial charge is 0.392 e. The van der Waals surface area contributed by atoms with E-state index in [0.29, 0.717) is 45.3 Å². The van der Waals surface area contributed by atoms with Gasteiger partial charge in [-0.05, 0) is 87.7 Å². The Labute approximate surface area is 291 Å². The van der Waals surface area contributed by atoms with Crippen molar-refractivity contribution in [1.82, 2.24) is 0 Å².